The van der Waals surface area contributed by atoms with Gasteiger partial charge in [0.15, 0.2) is 5.70 Å². The van der Waals surface area contributed by atoms with Crippen LogP contribution in [0.3, 0.4) is 0 Å². The molecule has 1 aliphatic rings. The molecule has 1 heterocycles. The molecule has 0 saturated carbocycles. The Labute approximate surface area is 129 Å². The summed E-state index contributed by atoms with van der Waals surface area (Å²) >= 11 is 0. The van der Waals surface area contributed by atoms with Gasteiger partial charge in [-0.25, -0.2) is 9.79 Å². The van der Waals surface area contributed by atoms with Crippen LogP contribution in [0.15, 0.2) is 65.3 Å². The monoisotopic (exact) mass is 292 g/mol. The van der Waals surface area contributed by atoms with Crippen molar-refractivity contribution in [1.82, 2.24) is 0 Å². The maximum Gasteiger partial charge on any atom is 0.363 e. The highest BCUT2D eigenvalue weighted by Crippen LogP contribution is 2.21. The molecule has 0 unspecified atom stereocenters. The molecule has 0 aliphatic carbocycles. The third-order valence-electron chi connectivity index (χ3n) is 3.33. The minimum atomic E-state index is -0.422. The molecule has 0 saturated heterocycles. The summed E-state index contributed by atoms with van der Waals surface area (Å²) in [5, 5.41) is 0. The van der Waals surface area contributed by atoms with Gasteiger partial charge >= 0.3 is 5.97 Å². The molecule has 4 heteroatoms. The van der Waals surface area contributed by atoms with E-state index in [9.17, 15) is 4.79 Å². The predicted molar refractivity (Wildman–Crippen MR) is 87.8 cm³/mol. The van der Waals surface area contributed by atoms with Crippen molar-refractivity contribution < 1.29 is 9.53 Å². The van der Waals surface area contributed by atoms with E-state index in [0.29, 0.717) is 11.6 Å². The zero-order valence-corrected chi connectivity index (χ0v) is 12.5. The van der Waals surface area contributed by atoms with Gasteiger partial charge in [0.1, 0.15) is 0 Å². The molecule has 4 nitrogen and oxygen atoms in total. The second-order valence-electron chi connectivity index (χ2n) is 5.19. The summed E-state index contributed by atoms with van der Waals surface area (Å²) in [6, 6.07) is 17.3. The number of cyclic esters (lactones) is 1. The zero-order valence-electron chi connectivity index (χ0n) is 12.5. The molecule has 0 atom stereocenters. The fourth-order valence-corrected chi connectivity index (χ4v) is 2.16. The Kier molecular flexibility index (Phi) is 3.74. The largest absolute Gasteiger partial charge is 0.402 e. The van der Waals surface area contributed by atoms with E-state index in [2.05, 4.69) is 4.99 Å². The first-order chi connectivity index (χ1) is 10.6. The number of hydrogen-bond donors (Lipinski definition) is 0. The van der Waals surface area contributed by atoms with Gasteiger partial charge in [0, 0.05) is 25.3 Å². The van der Waals surface area contributed by atoms with Crippen LogP contribution in [0.2, 0.25) is 0 Å². The summed E-state index contributed by atoms with van der Waals surface area (Å²) in [4.78, 5) is 18.3. The van der Waals surface area contributed by atoms with Gasteiger partial charge in [0.25, 0.3) is 0 Å². The Bertz CT molecular complexity index is 762. The minimum Gasteiger partial charge on any atom is -0.402 e. The quantitative estimate of drug-likeness (QED) is 0.645. The van der Waals surface area contributed by atoms with Crippen molar-refractivity contribution in [1.29, 1.82) is 0 Å². The van der Waals surface area contributed by atoms with Crippen molar-refractivity contribution >= 4 is 23.6 Å². The molecule has 2 aromatic rings. The first kappa shape index (κ1) is 14.1. The average Bonchev–Trinajstić information content (AvgIpc) is 2.89. The van der Waals surface area contributed by atoms with Crippen LogP contribution < -0.4 is 4.90 Å². The van der Waals surface area contributed by atoms with E-state index in [1.54, 1.807) is 6.08 Å². The van der Waals surface area contributed by atoms with Gasteiger partial charge in [0.2, 0.25) is 5.90 Å². The highest BCUT2D eigenvalue weighted by molar-refractivity contribution is 6.12. The van der Waals surface area contributed by atoms with Crippen LogP contribution in [-0.4, -0.2) is 26.0 Å². The van der Waals surface area contributed by atoms with Crippen LogP contribution in [0.25, 0.3) is 6.08 Å². The van der Waals surface area contributed by atoms with Crippen LogP contribution in [0.4, 0.5) is 5.69 Å². The second kappa shape index (κ2) is 5.85. The summed E-state index contributed by atoms with van der Waals surface area (Å²) < 4.78 is 5.24. The van der Waals surface area contributed by atoms with Gasteiger partial charge in [-0.05, 0) is 35.9 Å². The highest BCUT2D eigenvalue weighted by atomic mass is 16.6. The lowest BCUT2D eigenvalue weighted by Gasteiger charge is -2.12. The van der Waals surface area contributed by atoms with Crippen LogP contribution in [0.1, 0.15) is 11.1 Å². The number of nitrogens with zero attached hydrogens (tertiary/aromatic N) is 2. The smallest absolute Gasteiger partial charge is 0.363 e. The Morgan fingerprint density at radius 2 is 1.82 bits per heavy atom. The van der Waals surface area contributed by atoms with E-state index in [1.807, 2.05) is 73.6 Å². The molecule has 0 aromatic heterocycles. The number of benzene rings is 2. The van der Waals surface area contributed by atoms with E-state index in [0.717, 1.165) is 16.8 Å². The van der Waals surface area contributed by atoms with Gasteiger partial charge in [0.05, 0.1) is 0 Å². The third-order valence-corrected chi connectivity index (χ3v) is 3.33. The normalized spacial score (nSPS) is 15.6. The fourth-order valence-electron chi connectivity index (χ4n) is 2.16. The van der Waals surface area contributed by atoms with Crippen molar-refractivity contribution in [3.05, 3.63) is 71.4 Å². The molecule has 2 aromatic carbocycles. The molecule has 1 aliphatic heterocycles. The van der Waals surface area contributed by atoms with Gasteiger partial charge in [-0.3, -0.25) is 0 Å². The Morgan fingerprint density at radius 1 is 1.05 bits per heavy atom. The molecular weight excluding hydrogens is 276 g/mol. The molecule has 3 rings (SSSR count). The van der Waals surface area contributed by atoms with Crippen LogP contribution in [0.5, 0.6) is 0 Å². The lowest BCUT2D eigenvalue weighted by atomic mass is 10.1. The van der Waals surface area contributed by atoms with Gasteiger partial charge in [-0.2, -0.15) is 0 Å². The lowest BCUT2D eigenvalue weighted by Crippen LogP contribution is -2.08. The predicted octanol–water partition coefficient (Wildman–Crippen LogP) is 3.10. The second-order valence-corrected chi connectivity index (χ2v) is 5.19. The molecule has 0 fully saturated rings. The Balaban J connectivity index is 1.93. The standard InChI is InChI=1S/C18H16N2O2/c1-20(2)15-10-6-7-13(11-15)12-16-18(21)22-17(19-16)14-8-4-3-5-9-14/h3-12H,1-2H3/b16-12-. The number of hydrogen-bond acceptors (Lipinski definition) is 4. The van der Waals surface area contributed by atoms with Crippen LogP contribution in [0, 0.1) is 0 Å². The minimum absolute atomic E-state index is 0.315. The number of anilines is 1. The van der Waals surface area contributed by atoms with Gasteiger partial charge in [-0.1, -0.05) is 30.3 Å². The molecule has 0 spiro atoms. The molecule has 0 amide bonds. The fraction of sp³-hybridized carbons (Fsp3) is 0.111. The molecule has 110 valence electrons. The van der Waals surface area contributed by atoms with Crippen molar-refractivity contribution in [2.24, 2.45) is 4.99 Å². The third kappa shape index (κ3) is 2.91. The average molecular weight is 292 g/mol. The van der Waals surface area contributed by atoms with Crippen molar-refractivity contribution in [3.63, 3.8) is 0 Å². The molecule has 22 heavy (non-hydrogen) atoms. The number of aliphatic imine (C=N–C) groups is 1. The van der Waals surface area contributed by atoms with Crippen LogP contribution in [-0.2, 0) is 9.53 Å². The lowest BCUT2D eigenvalue weighted by molar-refractivity contribution is -0.129. The molecule has 0 radical (unpaired) electrons. The topological polar surface area (TPSA) is 41.9 Å². The van der Waals surface area contributed by atoms with E-state index < -0.39 is 5.97 Å². The van der Waals surface area contributed by atoms with Crippen LogP contribution >= 0.6 is 0 Å². The first-order valence-electron chi connectivity index (χ1n) is 6.99. The number of esters is 1. The SMILES string of the molecule is CN(C)c1cccc(/C=C2\N=C(c3ccccc3)OC2=O)c1. The molecule has 0 bridgehead atoms. The van der Waals surface area contributed by atoms with Crippen molar-refractivity contribution in [2.75, 3.05) is 19.0 Å². The van der Waals surface area contributed by atoms with Gasteiger partial charge in [-0.15, -0.1) is 0 Å². The summed E-state index contributed by atoms with van der Waals surface area (Å²) in [7, 11) is 3.95. The summed E-state index contributed by atoms with van der Waals surface area (Å²) in [5.41, 5.74) is 3.08. The number of carbonyl (C=O) groups excluding carboxylic acids is 1. The van der Waals surface area contributed by atoms with Crippen molar-refractivity contribution in [2.45, 2.75) is 0 Å². The summed E-state index contributed by atoms with van der Waals surface area (Å²) in [5.74, 6) is -0.0743. The Hall–Kier alpha value is -2.88. The molecular formula is C18H16N2O2. The number of ether oxygens (including phenoxy) is 1. The number of rotatable bonds is 3. The maximum atomic E-state index is 12.0. The molecule has 0 N–H and O–H groups in total. The van der Waals surface area contributed by atoms with Gasteiger partial charge < -0.3 is 9.64 Å². The zero-order chi connectivity index (χ0) is 15.5. The highest BCUT2D eigenvalue weighted by Gasteiger charge is 2.23. The number of carbonyl (C=O) groups is 1. The van der Waals surface area contributed by atoms with E-state index >= 15 is 0 Å². The maximum absolute atomic E-state index is 12.0. The summed E-state index contributed by atoms with van der Waals surface area (Å²) in [6.07, 6.45) is 1.74. The Morgan fingerprint density at radius 3 is 2.55 bits per heavy atom. The van der Waals surface area contributed by atoms with E-state index in [4.69, 9.17) is 4.74 Å². The van der Waals surface area contributed by atoms with Crippen molar-refractivity contribution in [3.8, 4) is 0 Å². The van der Waals surface area contributed by atoms with E-state index in [1.165, 1.54) is 0 Å². The summed E-state index contributed by atoms with van der Waals surface area (Å²) in [6.45, 7) is 0. The first-order valence-corrected chi connectivity index (χ1v) is 6.99. The van der Waals surface area contributed by atoms with E-state index in [-0.39, 0.29) is 0 Å².